The summed E-state index contributed by atoms with van der Waals surface area (Å²) < 4.78 is 33.1. The molecule has 0 aromatic heterocycles. The maximum Gasteiger partial charge on any atom is 0.472 e. The molecule has 1 unspecified atom stereocenters. The standard InChI is InChI=1S/C45H78NO7P/c1-3-5-7-9-11-13-15-17-19-21-22-23-24-26-28-30-32-34-36-38-45(47)51-42-44(43-53-54(48,49)52-41-39-46)50-40-37-35-33-31-29-27-25-20-18-16-14-12-10-8-6-4-2/h5,7,11,13-14,16-17,19,22-23,26,28,37,40,44H,3-4,6,8-10,12,15,18,20-21,24-25,27,29-36,38-39,41-43,46H2,1-2H3,(H,48,49)/b7-5-,13-11-,16-14-,19-17-,23-22-,28-26-,40-37-/t44-/m1/s1. The Morgan fingerprint density at radius 2 is 1.06 bits per heavy atom. The average Bonchev–Trinajstić information content (AvgIpc) is 3.16. The summed E-state index contributed by atoms with van der Waals surface area (Å²) in [5.41, 5.74) is 5.36. The van der Waals surface area contributed by atoms with E-state index in [0.29, 0.717) is 6.42 Å². The highest BCUT2D eigenvalue weighted by molar-refractivity contribution is 7.47. The van der Waals surface area contributed by atoms with Crippen molar-refractivity contribution < 1.29 is 32.8 Å². The molecule has 0 aromatic carbocycles. The Kier molecular flexibility index (Phi) is 39.8. The summed E-state index contributed by atoms with van der Waals surface area (Å²) in [4.78, 5) is 22.3. The van der Waals surface area contributed by atoms with Crippen LogP contribution in [0.4, 0.5) is 0 Å². The van der Waals surface area contributed by atoms with Crippen molar-refractivity contribution in [2.24, 2.45) is 5.73 Å². The molecular weight excluding hydrogens is 697 g/mol. The summed E-state index contributed by atoms with van der Waals surface area (Å²) >= 11 is 0. The minimum Gasteiger partial charge on any atom is -0.492 e. The Bertz CT molecular complexity index is 1100. The maximum atomic E-state index is 12.4. The topological polar surface area (TPSA) is 117 Å². The molecule has 9 heteroatoms. The number of carbonyl (C=O) groups is 1. The van der Waals surface area contributed by atoms with Crippen molar-refractivity contribution >= 4 is 13.8 Å². The molecular formula is C45H78NO7P. The van der Waals surface area contributed by atoms with E-state index in [1.165, 1.54) is 64.2 Å². The van der Waals surface area contributed by atoms with E-state index in [0.717, 1.165) is 77.0 Å². The summed E-state index contributed by atoms with van der Waals surface area (Å²) in [6.07, 6.45) is 54.1. The molecule has 0 radical (unpaired) electrons. The first-order valence-electron chi connectivity index (χ1n) is 21.1. The first-order chi connectivity index (χ1) is 26.4. The second-order valence-corrected chi connectivity index (χ2v) is 15.0. The minimum atomic E-state index is -4.28. The quantitative estimate of drug-likeness (QED) is 0.0208. The Morgan fingerprint density at radius 1 is 0.593 bits per heavy atom. The fraction of sp³-hybridized carbons (Fsp3) is 0.667. The summed E-state index contributed by atoms with van der Waals surface area (Å²) in [5.74, 6) is -0.326. The second-order valence-electron chi connectivity index (χ2n) is 13.5. The molecule has 0 amide bonds. The fourth-order valence-electron chi connectivity index (χ4n) is 5.24. The van der Waals surface area contributed by atoms with Crippen LogP contribution in [0.25, 0.3) is 0 Å². The number of rotatable bonds is 39. The number of nitrogens with two attached hydrogens (primary N) is 1. The molecule has 0 saturated heterocycles. The van der Waals surface area contributed by atoms with Crippen LogP contribution in [-0.2, 0) is 27.9 Å². The zero-order valence-electron chi connectivity index (χ0n) is 34.2. The van der Waals surface area contributed by atoms with Gasteiger partial charge in [0.05, 0.1) is 19.5 Å². The molecule has 0 aromatic rings. The lowest BCUT2D eigenvalue weighted by Gasteiger charge is -2.19. The highest BCUT2D eigenvalue weighted by Gasteiger charge is 2.24. The summed E-state index contributed by atoms with van der Waals surface area (Å²) in [6.45, 7) is 4.02. The third-order valence-electron chi connectivity index (χ3n) is 8.39. The molecule has 0 heterocycles. The number of carbonyl (C=O) groups excluding carboxylic acids is 1. The lowest BCUT2D eigenvalue weighted by molar-refractivity contribution is -0.147. The van der Waals surface area contributed by atoms with Gasteiger partial charge in [-0.15, -0.1) is 0 Å². The van der Waals surface area contributed by atoms with Gasteiger partial charge < -0.3 is 20.1 Å². The monoisotopic (exact) mass is 776 g/mol. The van der Waals surface area contributed by atoms with Gasteiger partial charge in [-0.2, -0.15) is 0 Å². The Morgan fingerprint density at radius 3 is 1.59 bits per heavy atom. The van der Waals surface area contributed by atoms with Gasteiger partial charge in [-0.1, -0.05) is 138 Å². The van der Waals surface area contributed by atoms with Crippen LogP contribution in [-0.4, -0.2) is 43.3 Å². The van der Waals surface area contributed by atoms with Gasteiger partial charge in [0.2, 0.25) is 0 Å². The number of hydrogen-bond donors (Lipinski definition) is 2. The number of allylic oxidation sites excluding steroid dienone is 13. The largest absolute Gasteiger partial charge is 0.492 e. The van der Waals surface area contributed by atoms with Gasteiger partial charge >= 0.3 is 13.8 Å². The predicted octanol–water partition coefficient (Wildman–Crippen LogP) is 12.9. The van der Waals surface area contributed by atoms with Crippen LogP contribution in [0.3, 0.4) is 0 Å². The van der Waals surface area contributed by atoms with Crippen molar-refractivity contribution in [2.75, 3.05) is 26.4 Å². The SMILES string of the molecule is CC/C=C\C/C=C\C/C=C\C/C=C\C/C=C\CCCCCC(=O)OC[C@H](COP(=O)(O)OCCN)O/C=C\CCCCCCCC/C=C\CCCCCC. The molecule has 0 aliphatic heterocycles. The molecule has 0 fully saturated rings. The second kappa shape index (κ2) is 41.7. The summed E-state index contributed by atoms with van der Waals surface area (Å²) in [5, 5.41) is 0. The first kappa shape index (κ1) is 51.5. The first-order valence-corrected chi connectivity index (χ1v) is 22.6. The number of phosphoric acid groups is 1. The molecule has 0 saturated carbocycles. The molecule has 3 N–H and O–H groups in total. The van der Waals surface area contributed by atoms with Crippen molar-refractivity contribution in [1.29, 1.82) is 0 Å². The van der Waals surface area contributed by atoms with Gasteiger partial charge in [-0.3, -0.25) is 13.8 Å². The zero-order chi connectivity index (χ0) is 39.5. The Labute approximate surface area is 330 Å². The van der Waals surface area contributed by atoms with Crippen LogP contribution >= 0.6 is 7.82 Å². The molecule has 0 rings (SSSR count). The number of esters is 1. The van der Waals surface area contributed by atoms with Crippen LogP contribution < -0.4 is 5.73 Å². The van der Waals surface area contributed by atoms with E-state index in [2.05, 4.69) is 86.8 Å². The van der Waals surface area contributed by atoms with Crippen molar-refractivity contribution in [3.8, 4) is 0 Å². The Hall–Kier alpha value is -2.48. The average molecular weight is 776 g/mol. The van der Waals surface area contributed by atoms with E-state index in [9.17, 15) is 14.3 Å². The molecule has 310 valence electrons. The van der Waals surface area contributed by atoms with Crippen LogP contribution in [0.5, 0.6) is 0 Å². The van der Waals surface area contributed by atoms with Crippen LogP contribution in [0.1, 0.15) is 162 Å². The zero-order valence-corrected chi connectivity index (χ0v) is 35.1. The van der Waals surface area contributed by atoms with E-state index in [1.54, 1.807) is 6.26 Å². The smallest absolute Gasteiger partial charge is 0.472 e. The van der Waals surface area contributed by atoms with E-state index >= 15 is 0 Å². The fourth-order valence-corrected chi connectivity index (χ4v) is 6.00. The highest BCUT2D eigenvalue weighted by Crippen LogP contribution is 2.43. The van der Waals surface area contributed by atoms with Gasteiger partial charge in [-0.05, 0) is 96.0 Å². The molecule has 0 bridgehead atoms. The molecule has 0 spiro atoms. The van der Waals surface area contributed by atoms with Crippen molar-refractivity contribution in [1.82, 2.24) is 0 Å². The van der Waals surface area contributed by atoms with Crippen molar-refractivity contribution in [3.05, 3.63) is 85.3 Å². The van der Waals surface area contributed by atoms with Gasteiger partial charge in [0.25, 0.3) is 0 Å². The predicted molar refractivity (Wildman–Crippen MR) is 228 cm³/mol. The molecule has 0 aliphatic carbocycles. The maximum absolute atomic E-state index is 12.4. The van der Waals surface area contributed by atoms with Gasteiger partial charge in [0.1, 0.15) is 6.61 Å². The lowest BCUT2D eigenvalue weighted by atomic mass is 10.1. The van der Waals surface area contributed by atoms with E-state index < -0.39 is 13.9 Å². The van der Waals surface area contributed by atoms with Crippen LogP contribution in [0.15, 0.2) is 85.3 Å². The number of unbranched alkanes of at least 4 members (excludes halogenated alkanes) is 14. The minimum absolute atomic E-state index is 0.0891. The number of phosphoric ester groups is 1. The highest BCUT2D eigenvalue weighted by atomic mass is 31.2. The van der Waals surface area contributed by atoms with E-state index in [1.807, 2.05) is 6.08 Å². The molecule has 8 nitrogen and oxygen atoms in total. The van der Waals surface area contributed by atoms with Gasteiger partial charge in [0, 0.05) is 13.0 Å². The van der Waals surface area contributed by atoms with Crippen LogP contribution in [0, 0.1) is 0 Å². The van der Waals surface area contributed by atoms with E-state index in [4.69, 9.17) is 24.3 Å². The third-order valence-corrected chi connectivity index (χ3v) is 9.37. The number of ether oxygens (including phenoxy) is 2. The Balaban J connectivity index is 4.19. The summed E-state index contributed by atoms with van der Waals surface area (Å²) in [7, 11) is -4.28. The lowest BCUT2D eigenvalue weighted by Crippen LogP contribution is -2.25. The molecule has 0 aliphatic rings. The number of hydrogen-bond acceptors (Lipinski definition) is 7. The van der Waals surface area contributed by atoms with Gasteiger partial charge in [0.15, 0.2) is 6.10 Å². The normalized spacial score (nSPS) is 14.3. The molecule has 2 atom stereocenters. The molecule has 54 heavy (non-hydrogen) atoms. The van der Waals surface area contributed by atoms with Crippen molar-refractivity contribution in [3.63, 3.8) is 0 Å². The third kappa shape index (κ3) is 40.7. The summed E-state index contributed by atoms with van der Waals surface area (Å²) in [6, 6.07) is 0. The van der Waals surface area contributed by atoms with Crippen molar-refractivity contribution in [2.45, 2.75) is 168 Å². The van der Waals surface area contributed by atoms with Gasteiger partial charge in [-0.25, -0.2) is 4.57 Å². The van der Waals surface area contributed by atoms with E-state index in [-0.39, 0.29) is 32.3 Å². The van der Waals surface area contributed by atoms with Crippen LogP contribution in [0.2, 0.25) is 0 Å².